The summed E-state index contributed by atoms with van der Waals surface area (Å²) in [4.78, 5) is 9.30. The van der Waals surface area contributed by atoms with Crippen LogP contribution in [0.4, 0.5) is 19.0 Å². The van der Waals surface area contributed by atoms with Crippen LogP contribution in [-0.4, -0.2) is 53.7 Å². The number of hydrogen-bond donors (Lipinski definition) is 1. The molecule has 1 saturated heterocycles. The summed E-state index contributed by atoms with van der Waals surface area (Å²) in [6.07, 6.45) is 0. The average Bonchev–Trinajstić information content (AvgIpc) is 2.75. The topological polar surface area (TPSA) is 58.5 Å². The predicted octanol–water partition coefficient (Wildman–Crippen LogP) is 2.86. The summed E-state index contributed by atoms with van der Waals surface area (Å²) in [5.41, 5.74) is -1.92. The van der Waals surface area contributed by atoms with E-state index in [2.05, 4.69) is 25.9 Å². The van der Waals surface area contributed by atoms with Gasteiger partial charge >= 0.3 is 0 Å². The number of ether oxygens (including phenoxy) is 1. The van der Waals surface area contributed by atoms with E-state index in [1.165, 1.54) is 4.90 Å². The minimum atomic E-state index is -1.74. The molecule has 2 aromatic rings. The molecule has 0 bridgehead atoms. The molecule has 24 heavy (non-hydrogen) atoms. The lowest BCUT2D eigenvalue weighted by Gasteiger charge is -2.29. The molecule has 130 valence electrons. The molecule has 0 saturated carbocycles. The minimum Gasteiger partial charge on any atom is -0.383 e. The van der Waals surface area contributed by atoms with Crippen molar-refractivity contribution >= 4 is 44.3 Å². The van der Waals surface area contributed by atoms with E-state index < -0.39 is 23.9 Å². The van der Waals surface area contributed by atoms with Crippen LogP contribution >= 0.6 is 27.5 Å². The van der Waals surface area contributed by atoms with Crippen molar-refractivity contribution < 1.29 is 23.0 Å². The van der Waals surface area contributed by atoms with Crippen LogP contribution in [0.25, 0.3) is 10.9 Å². The Bertz CT molecular complexity index is 798. The molecule has 0 spiro atoms. The van der Waals surface area contributed by atoms with Gasteiger partial charge in [0.25, 0.3) is 0 Å². The normalized spacial score (nSPS) is 22.0. The molecule has 0 aliphatic carbocycles. The van der Waals surface area contributed by atoms with Crippen LogP contribution in [-0.2, 0) is 4.74 Å². The third-order valence-corrected chi connectivity index (χ3v) is 4.59. The van der Waals surface area contributed by atoms with Gasteiger partial charge in [0.1, 0.15) is 29.4 Å². The van der Waals surface area contributed by atoms with Gasteiger partial charge in [0.15, 0.2) is 5.82 Å². The Balaban J connectivity index is 2.18. The molecule has 0 radical (unpaired) electrons. The van der Waals surface area contributed by atoms with Gasteiger partial charge in [-0.1, -0.05) is 0 Å². The number of benzene rings is 1. The van der Waals surface area contributed by atoms with Crippen LogP contribution in [0, 0.1) is 11.6 Å². The standard InChI is InChI=1S/C14H12BrClF3N3O2/c15-9-8(18)3-7-11(10(9)19)20-13(16)21-12(7)22-1-2-24-6-14(23,4-17)5-22/h3,23H,1-2,4-6H2. The second-order valence-corrected chi connectivity index (χ2v) is 6.66. The highest BCUT2D eigenvalue weighted by Gasteiger charge is 2.34. The number of rotatable bonds is 2. The quantitative estimate of drug-likeness (QED) is 0.591. The van der Waals surface area contributed by atoms with Crippen LogP contribution in [0.2, 0.25) is 5.28 Å². The molecule has 1 fully saturated rings. The van der Waals surface area contributed by atoms with Gasteiger partial charge < -0.3 is 14.7 Å². The number of halogens is 5. The van der Waals surface area contributed by atoms with E-state index in [4.69, 9.17) is 16.3 Å². The summed E-state index contributed by atoms with van der Waals surface area (Å²) >= 11 is 8.67. The summed E-state index contributed by atoms with van der Waals surface area (Å²) < 4.78 is 46.2. The SMILES string of the molecule is OC1(CF)COCCN(c2nc(Cl)nc3c(F)c(Br)c(F)cc23)C1. The van der Waals surface area contributed by atoms with Crippen molar-refractivity contribution in [3.05, 3.63) is 27.5 Å². The van der Waals surface area contributed by atoms with Crippen LogP contribution in [0.3, 0.4) is 0 Å². The zero-order valence-electron chi connectivity index (χ0n) is 12.2. The van der Waals surface area contributed by atoms with Gasteiger partial charge in [0, 0.05) is 11.9 Å². The zero-order chi connectivity index (χ0) is 17.5. The highest BCUT2D eigenvalue weighted by Crippen LogP contribution is 2.33. The van der Waals surface area contributed by atoms with Crippen LogP contribution in [0.5, 0.6) is 0 Å². The molecule has 10 heteroatoms. The maximum Gasteiger partial charge on any atom is 0.225 e. The zero-order valence-corrected chi connectivity index (χ0v) is 14.5. The first-order valence-corrected chi connectivity index (χ1v) is 8.13. The average molecular weight is 427 g/mol. The Hall–Kier alpha value is -1.16. The number of hydrogen-bond acceptors (Lipinski definition) is 5. The molecule has 0 amide bonds. The summed E-state index contributed by atoms with van der Waals surface area (Å²) in [6.45, 7) is -0.957. The van der Waals surface area contributed by atoms with E-state index >= 15 is 0 Å². The fraction of sp³-hybridized carbons (Fsp3) is 0.429. The maximum absolute atomic E-state index is 14.3. The van der Waals surface area contributed by atoms with E-state index in [1.807, 2.05) is 0 Å². The Kier molecular flexibility index (Phi) is 4.87. The number of aliphatic hydroxyl groups is 1. The third kappa shape index (κ3) is 3.17. The molecule has 2 heterocycles. The summed E-state index contributed by atoms with van der Waals surface area (Å²) in [6, 6.07) is 1.06. The lowest BCUT2D eigenvalue weighted by atomic mass is 10.1. The number of alkyl halides is 1. The number of fused-ring (bicyclic) bond motifs is 1. The number of anilines is 1. The van der Waals surface area contributed by atoms with Crippen LogP contribution < -0.4 is 4.90 Å². The third-order valence-electron chi connectivity index (χ3n) is 3.69. The van der Waals surface area contributed by atoms with Gasteiger partial charge in [-0.3, -0.25) is 0 Å². The van der Waals surface area contributed by atoms with Gasteiger partial charge in [0.05, 0.1) is 24.2 Å². The summed E-state index contributed by atoms with van der Waals surface area (Å²) in [5.74, 6) is -1.64. The number of aromatic nitrogens is 2. The lowest BCUT2D eigenvalue weighted by Crippen LogP contribution is -2.46. The second-order valence-electron chi connectivity index (χ2n) is 5.53. The van der Waals surface area contributed by atoms with Gasteiger partial charge in [-0.05, 0) is 33.6 Å². The Morgan fingerprint density at radius 2 is 2.17 bits per heavy atom. The molecule has 1 aromatic heterocycles. The minimum absolute atomic E-state index is 0.0701. The first-order chi connectivity index (χ1) is 11.3. The maximum atomic E-state index is 14.3. The predicted molar refractivity (Wildman–Crippen MR) is 86.1 cm³/mol. The van der Waals surface area contributed by atoms with E-state index in [9.17, 15) is 18.3 Å². The van der Waals surface area contributed by atoms with E-state index in [-0.39, 0.29) is 52.8 Å². The number of β-amino-alcohol motifs (C(OH)–C–C–N with tert-alkyl or cyclic N) is 1. The highest BCUT2D eigenvalue weighted by atomic mass is 79.9. The highest BCUT2D eigenvalue weighted by molar-refractivity contribution is 9.10. The lowest BCUT2D eigenvalue weighted by molar-refractivity contribution is -0.0409. The van der Waals surface area contributed by atoms with Gasteiger partial charge in [-0.2, -0.15) is 4.98 Å². The molecule has 5 nitrogen and oxygen atoms in total. The monoisotopic (exact) mass is 425 g/mol. The Morgan fingerprint density at radius 1 is 1.42 bits per heavy atom. The Labute approximate surface area is 148 Å². The van der Waals surface area contributed by atoms with Gasteiger partial charge in [-0.15, -0.1) is 0 Å². The van der Waals surface area contributed by atoms with Crippen molar-refractivity contribution in [2.24, 2.45) is 0 Å². The molecule has 3 rings (SSSR count). The first kappa shape index (κ1) is 17.7. The Morgan fingerprint density at radius 3 is 2.88 bits per heavy atom. The van der Waals surface area contributed by atoms with Gasteiger partial charge in [-0.25, -0.2) is 18.2 Å². The number of nitrogens with zero attached hydrogens (tertiary/aromatic N) is 3. The van der Waals surface area contributed by atoms with E-state index in [0.29, 0.717) is 0 Å². The molecule has 1 aromatic carbocycles. The van der Waals surface area contributed by atoms with Crippen molar-refractivity contribution in [2.45, 2.75) is 5.60 Å². The first-order valence-electron chi connectivity index (χ1n) is 6.96. The van der Waals surface area contributed by atoms with Gasteiger partial charge in [0.2, 0.25) is 5.28 Å². The summed E-state index contributed by atoms with van der Waals surface area (Å²) in [5, 5.41) is 10.0. The molecular formula is C14H12BrClF3N3O2. The van der Waals surface area contributed by atoms with E-state index in [1.54, 1.807) is 0 Å². The molecule has 1 unspecified atom stereocenters. The molecule has 1 atom stereocenters. The second kappa shape index (κ2) is 6.62. The van der Waals surface area contributed by atoms with E-state index in [0.717, 1.165) is 6.07 Å². The largest absolute Gasteiger partial charge is 0.383 e. The summed E-state index contributed by atoms with van der Waals surface area (Å²) in [7, 11) is 0. The molecule has 1 aliphatic rings. The molecule has 1 N–H and O–H groups in total. The van der Waals surface area contributed by atoms with Crippen LogP contribution in [0.15, 0.2) is 10.5 Å². The van der Waals surface area contributed by atoms with Crippen molar-refractivity contribution in [3.63, 3.8) is 0 Å². The smallest absolute Gasteiger partial charge is 0.225 e. The van der Waals surface area contributed by atoms with Crippen molar-refractivity contribution in [1.82, 2.24) is 9.97 Å². The fourth-order valence-electron chi connectivity index (χ4n) is 2.55. The molecule has 1 aliphatic heterocycles. The van der Waals surface area contributed by atoms with Crippen molar-refractivity contribution in [2.75, 3.05) is 37.9 Å². The fourth-order valence-corrected chi connectivity index (χ4v) is 3.02. The molecular weight excluding hydrogens is 415 g/mol. The van der Waals surface area contributed by atoms with Crippen molar-refractivity contribution in [3.8, 4) is 0 Å². The van der Waals surface area contributed by atoms with Crippen molar-refractivity contribution in [1.29, 1.82) is 0 Å². The van der Waals surface area contributed by atoms with Crippen LogP contribution in [0.1, 0.15) is 0 Å².